The molecule has 37 heavy (non-hydrogen) atoms. The summed E-state index contributed by atoms with van der Waals surface area (Å²) in [5.74, 6) is -1.59. The minimum atomic E-state index is -1.01. The van der Waals surface area contributed by atoms with Gasteiger partial charge in [-0.2, -0.15) is 0 Å². The van der Waals surface area contributed by atoms with Gasteiger partial charge in [0.25, 0.3) is 11.1 Å². The van der Waals surface area contributed by atoms with Crippen LogP contribution in [-0.2, 0) is 16.2 Å². The van der Waals surface area contributed by atoms with Gasteiger partial charge < -0.3 is 15.2 Å². The van der Waals surface area contributed by atoms with Gasteiger partial charge in [0, 0.05) is 15.7 Å². The van der Waals surface area contributed by atoms with Crippen LogP contribution in [0.5, 0.6) is 5.75 Å². The van der Waals surface area contributed by atoms with Gasteiger partial charge in [-0.05, 0) is 78.4 Å². The average Bonchev–Trinajstić information content (AvgIpc) is 3.11. The summed E-state index contributed by atoms with van der Waals surface area (Å²) in [6.45, 7) is 1.67. The number of rotatable bonds is 8. The lowest BCUT2D eigenvalue weighted by Crippen LogP contribution is -2.36. The number of hydrogen-bond donors (Lipinski definition) is 2. The van der Waals surface area contributed by atoms with Crippen molar-refractivity contribution in [3.05, 3.63) is 98.4 Å². The normalized spacial score (nSPS) is 14.2. The molecule has 1 aliphatic rings. The molecule has 0 radical (unpaired) electrons. The van der Waals surface area contributed by atoms with Crippen molar-refractivity contribution in [3.8, 4) is 5.75 Å². The molecule has 3 aromatic carbocycles. The molecule has 0 atom stereocenters. The van der Waals surface area contributed by atoms with Crippen LogP contribution >= 0.6 is 27.7 Å². The molecule has 1 fully saturated rings. The Labute approximate surface area is 225 Å². The number of nitrogens with one attached hydrogen (secondary N) is 1. The van der Waals surface area contributed by atoms with Gasteiger partial charge in [-0.15, -0.1) is 0 Å². The first kappa shape index (κ1) is 26.2. The van der Waals surface area contributed by atoms with Crippen molar-refractivity contribution in [3.63, 3.8) is 0 Å². The average molecular weight is 581 g/mol. The third-order valence-electron chi connectivity index (χ3n) is 5.33. The summed E-state index contributed by atoms with van der Waals surface area (Å²) < 4.78 is 6.67. The standard InChI is InChI=1S/C27H21BrN2O6S/c1-16-3-2-4-21(11-16)29-24(31)14-30-25(32)23(37-27(30)35)13-19-12-20(28)9-10-22(19)36-15-17-5-7-18(8-6-17)26(33)34/h2-13H,14-15H2,1H3,(H,29,31)(H,33,34)/b23-13-. The number of imide groups is 1. The highest BCUT2D eigenvalue weighted by Crippen LogP contribution is 2.35. The Morgan fingerprint density at radius 1 is 1.08 bits per heavy atom. The van der Waals surface area contributed by atoms with Gasteiger partial charge in [0.05, 0.1) is 10.5 Å². The number of carboxylic acids is 1. The molecule has 1 saturated heterocycles. The quantitative estimate of drug-likeness (QED) is 0.328. The first-order chi connectivity index (χ1) is 17.7. The zero-order chi connectivity index (χ0) is 26.5. The summed E-state index contributed by atoms with van der Waals surface area (Å²) in [6.07, 6.45) is 1.55. The lowest BCUT2D eigenvalue weighted by Gasteiger charge is -2.13. The van der Waals surface area contributed by atoms with Gasteiger partial charge in [0.15, 0.2) is 0 Å². The monoisotopic (exact) mass is 580 g/mol. The lowest BCUT2D eigenvalue weighted by atomic mass is 10.1. The Balaban J connectivity index is 1.47. The summed E-state index contributed by atoms with van der Waals surface area (Å²) in [4.78, 5) is 50.1. The van der Waals surface area contributed by atoms with Gasteiger partial charge in [-0.3, -0.25) is 19.3 Å². The maximum atomic E-state index is 13.0. The summed E-state index contributed by atoms with van der Waals surface area (Å²) >= 11 is 4.16. The van der Waals surface area contributed by atoms with E-state index in [1.165, 1.54) is 12.1 Å². The fraction of sp³-hybridized carbons (Fsp3) is 0.111. The van der Waals surface area contributed by atoms with E-state index in [9.17, 15) is 19.2 Å². The number of thioether (sulfide) groups is 1. The number of aryl methyl sites for hydroxylation is 1. The molecule has 0 unspecified atom stereocenters. The van der Waals surface area contributed by atoms with E-state index in [2.05, 4.69) is 21.2 Å². The molecule has 0 aliphatic carbocycles. The van der Waals surface area contributed by atoms with Crippen molar-refractivity contribution in [2.75, 3.05) is 11.9 Å². The molecule has 1 heterocycles. The number of hydrogen-bond acceptors (Lipinski definition) is 6. The van der Waals surface area contributed by atoms with Crippen molar-refractivity contribution in [1.82, 2.24) is 4.90 Å². The third kappa shape index (κ3) is 6.66. The number of anilines is 1. The van der Waals surface area contributed by atoms with Gasteiger partial charge >= 0.3 is 5.97 Å². The van der Waals surface area contributed by atoms with E-state index in [-0.39, 0.29) is 17.1 Å². The molecule has 0 aromatic heterocycles. The molecule has 1 aliphatic heterocycles. The number of carboxylic acid groups (broad SMARTS) is 1. The molecule has 0 spiro atoms. The number of carbonyl (C=O) groups excluding carboxylic acids is 3. The van der Waals surface area contributed by atoms with Crippen LogP contribution in [0.4, 0.5) is 10.5 Å². The molecular formula is C27H21BrN2O6S. The second-order valence-corrected chi connectivity index (χ2v) is 10.1. The zero-order valence-corrected chi connectivity index (χ0v) is 22.0. The molecule has 3 amide bonds. The van der Waals surface area contributed by atoms with Crippen molar-refractivity contribution in [2.24, 2.45) is 0 Å². The number of nitrogens with zero attached hydrogens (tertiary/aromatic N) is 1. The van der Waals surface area contributed by atoms with Crippen LogP contribution in [0.25, 0.3) is 6.08 Å². The predicted molar refractivity (Wildman–Crippen MR) is 144 cm³/mol. The van der Waals surface area contributed by atoms with E-state index in [0.717, 1.165) is 32.3 Å². The van der Waals surface area contributed by atoms with E-state index >= 15 is 0 Å². The number of halogens is 1. The fourth-order valence-electron chi connectivity index (χ4n) is 3.51. The molecule has 0 saturated carbocycles. The Bertz CT molecular complexity index is 1420. The molecular weight excluding hydrogens is 560 g/mol. The summed E-state index contributed by atoms with van der Waals surface area (Å²) in [5.41, 5.74) is 3.05. The molecule has 3 aromatic rings. The van der Waals surface area contributed by atoms with Crippen molar-refractivity contribution in [1.29, 1.82) is 0 Å². The summed E-state index contributed by atoms with van der Waals surface area (Å²) in [6, 6.07) is 18.8. The summed E-state index contributed by atoms with van der Waals surface area (Å²) in [7, 11) is 0. The maximum Gasteiger partial charge on any atom is 0.335 e. The van der Waals surface area contributed by atoms with E-state index in [1.54, 1.807) is 54.6 Å². The van der Waals surface area contributed by atoms with Crippen LogP contribution in [-0.4, -0.2) is 39.6 Å². The van der Waals surface area contributed by atoms with Gasteiger partial charge in [-0.1, -0.05) is 40.2 Å². The first-order valence-corrected chi connectivity index (χ1v) is 12.7. The Kier molecular flexibility index (Phi) is 8.10. The zero-order valence-electron chi connectivity index (χ0n) is 19.6. The van der Waals surface area contributed by atoms with Crippen LogP contribution in [0.3, 0.4) is 0 Å². The van der Waals surface area contributed by atoms with Crippen LogP contribution in [0.15, 0.2) is 76.1 Å². The number of aromatic carboxylic acids is 1. The van der Waals surface area contributed by atoms with E-state index in [1.807, 2.05) is 13.0 Å². The largest absolute Gasteiger partial charge is 0.488 e. The van der Waals surface area contributed by atoms with E-state index in [4.69, 9.17) is 9.84 Å². The maximum absolute atomic E-state index is 13.0. The second kappa shape index (κ2) is 11.4. The van der Waals surface area contributed by atoms with E-state index in [0.29, 0.717) is 17.0 Å². The second-order valence-electron chi connectivity index (χ2n) is 8.16. The Morgan fingerprint density at radius 3 is 2.54 bits per heavy atom. The molecule has 2 N–H and O–H groups in total. The highest BCUT2D eigenvalue weighted by molar-refractivity contribution is 9.10. The Morgan fingerprint density at radius 2 is 1.84 bits per heavy atom. The molecule has 188 valence electrons. The highest BCUT2D eigenvalue weighted by atomic mass is 79.9. The predicted octanol–water partition coefficient (Wildman–Crippen LogP) is 5.71. The van der Waals surface area contributed by atoms with Crippen molar-refractivity contribution < 1.29 is 29.0 Å². The number of carbonyl (C=O) groups is 4. The van der Waals surface area contributed by atoms with Crippen molar-refractivity contribution >= 4 is 62.5 Å². The molecule has 8 nitrogen and oxygen atoms in total. The minimum Gasteiger partial charge on any atom is -0.488 e. The van der Waals surface area contributed by atoms with Crippen LogP contribution in [0, 0.1) is 6.92 Å². The van der Waals surface area contributed by atoms with Gasteiger partial charge in [-0.25, -0.2) is 4.79 Å². The van der Waals surface area contributed by atoms with E-state index < -0.39 is 29.6 Å². The molecule has 4 rings (SSSR count). The van der Waals surface area contributed by atoms with Crippen LogP contribution < -0.4 is 10.1 Å². The van der Waals surface area contributed by atoms with Crippen LogP contribution in [0.1, 0.15) is 27.0 Å². The van der Waals surface area contributed by atoms with Crippen molar-refractivity contribution in [2.45, 2.75) is 13.5 Å². The van der Waals surface area contributed by atoms with Crippen LogP contribution in [0.2, 0.25) is 0 Å². The first-order valence-electron chi connectivity index (χ1n) is 11.1. The minimum absolute atomic E-state index is 0.169. The SMILES string of the molecule is Cc1cccc(NC(=O)CN2C(=O)S/C(=C\c3cc(Br)ccc3OCc3ccc(C(=O)O)cc3)C2=O)c1. The van der Waals surface area contributed by atoms with Gasteiger partial charge in [0.1, 0.15) is 18.9 Å². The smallest absolute Gasteiger partial charge is 0.335 e. The number of ether oxygens (including phenoxy) is 1. The van der Waals surface area contributed by atoms with Gasteiger partial charge in [0.2, 0.25) is 5.91 Å². The Hall–Kier alpha value is -3.89. The number of amides is 3. The lowest BCUT2D eigenvalue weighted by molar-refractivity contribution is -0.127. The highest BCUT2D eigenvalue weighted by Gasteiger charge is 2.36. The fourth-order valence-corrected chi connectivity index (χ4v) is 4.72. The molecule has 10 heteroatoms. The summed E-state index contributed by atoms with van der Waals surface area (Å²) in [5, 5.41) is 11.2. The molecule has 0 bridgehead atoms. The topological polar surface area (TPSA) is 113 Å². The number of benzene rings is 3. The third-order valence-corrected chi connectivity index (χ3v) is 6.73.